The molecule has 1 aromatic heterocycles. The zero-order valence-corrected chi connectivity index (χ0v) is 15.6. The topological polar surface area (TPSA) is 49.2 Å². The van der Waals surface area contributed by atoms with Crippen molar-refractivity contribution in [1.82, 2.24) is 19.7 Å². The smallest absolute Gasteiger partial charge is 0.246 e. The second kappa shape index (κ2) is 7.93. The van der Waals surface area contributed by atoms with E-state index in [0.29, 0.717) is 17.3 Å². The molecule has 6 nitrogen and oxygen atoms in total. The van der Waals surface area contributed by atoms with E-state index < -0.39 is 0 Å². The summed E-state index contributed by atoms with van der Waals surface area (Å²) in [6.45, 7) is 3.72. The normalized spacial score (nSPS) is 15.5. The summed E-state index contributed by atoms with van der Waals surface area (Å²) in [6, 6.07) is 10.9. The number of benzene rings is 2. The molecule has 28 heavy (non-hydrogen) atoms. The van der Waals surface area contributed by atoms with E-state index >= 15 is 0 Å². The van der Waals surface area contributed by atoms with Gasteiger partial charge in [0.05, 0.1) is 5.69 Å². The second-order valence-electron chi connectivity index (χ2n) is 6.96. The lowest BCUT2D eigenvalue weighted by atomic mass is 10.2. The van der Waals surface area contributed by atoms with Gasteiger partial charge in [-0.3, -0.25) is 0 Å². The molecule has 2 aromatic carbocycles. The van der Waals surface area contributed by atoms with Gasteiger partial charge in [-0.15, -0.1) is 5.10 Å². The van der Waals surface area contributed by atoms with Crippen molar-refractivity contribution in [2.24, 2.45) is 0 Å². The maximum Gasteiger partial charge on any atom is 0.246 e. The van der Waals surface area contributed by atoms with Gasteiger partial charge in [0.25, 0.3) is 0 Å². The third kappa shape index (κ3) is 4.28. The second-order valence-corrected chi connectivity index (χ2v) is 6.96. The van der Waals surface area contributed by atoms with Gasteiger partial charge in [0, 0.05) is 32.4 Å². The molecule has 0 atom stereocenters. The van der Waals surface area contributed by atoms with Gasteiger partial charge < -0.3 is 15.1 Å². The van der Waals surface area contributed by atoms with Crippen LogP contribution >= 0.6 is 0 Å². The van der Waals surface area contributed by atoms with E-state index in [-0.39, 0.29) is 13.1 Å². The summed E-state index contributed by atoms with van der Waals surface area (Å²) >= 11 is 0. The van der Waals surface area contributed by atoms with Crippen molar-refractivity contribution >= 4 is 17.3 Å². The number of hydrogen-bond acceptors (Lipinski definition) is 5. The fraction of sp³-hybridized carbons (Fsp3) is 0.300. The molecule has 0 unspecified atom stereocenters. The minimum absolute atomic E-state index is 0. The first-order chi connectivity index (χ1) is 13.6. The monoisotopic (exact) mass is 386 g/mol. The molecule has 1 aliphatic heterocycles. The molecule has 4 rings (SSSR count). The maximum atomic E-state index is 14.2. The number of nitrogens with zero attached hydrogens (tertiary/aromatic N) is 5. The number of aromatic nitrogens is 3. The summed E-state index contributed by atoms with van der Waals surface area (Å²) in [5, 5.41) is 7.34. The summed E-state index contributed by atoms with van der Waals surface area (Å²) in [4.78, 5) is 8.66. The lowest BCUT2D eigenvalue weighted by Crippen LogP contribution is -2.28. The van der Waals surface area contributed by atoms with E-state index in [4.69, 9.17) is 0 Å². The average Bonchev–Trinajstić information content (AvgIpc) is 3.01. The summed E-state index contributed by atoms with van der Waals surface area (Å²) in [7, 11) is 2.10. The van der Waals surface area contributed by atoms with Crippen LogP contribution < -0.4 is 10.2 Å². The highest BCUT2D eigenvalue weighted by molar-refractivity contribution is 5.62. The van der Waals surface area contributed by atoms with Gasteiger partial charge >= 0.3 is 0 Å². The molecule has 148 valence electrons. The minimum Gasteiger partial charge on any atom is -0.370 e. The lowest BCUT2D eigenvalue weighted by Gasteiger charge is -2.23. The number of hydrogen-bond donors (Lipinski definition) is 1. The fourth-order valence-electron chi connectivity index (χ4n) is 3.33. The summed E-state index contributed by atoms with van der Waals surface area (Å²) in [5.41, 5.74) is 1.97. The van der Waals surface area contributed by atoms with Gasteiger partial charge in [-0.05, 0) is 56.4 Å². The highest BCUT2D eigenvalue weighted by Gasteiger charge is 2.14. The van der Waals surface area contributed by atoms with Crippen molar-refractivity contribution in [2.45, 2.75) is 6.42 Å². The Morgan fingerprint density at radius 2 is 1.82 bits per heavy atom. The van der Waals surface area contributed by atoms with E-state index in [1.54, 1.807) is 18.2 Å². The van der Waals surface area contributed by atoms with E-state index in [9.17, 15) is 8.78 Å². The largest absolute Gasteiger partial charge is 0.370 e. The predicted molar refractivity (Wildman–Crippen MR) is 107 cm³/mol. The molecule has 1 aliphatic rings. The van der Waals surface area contributed by atoms with Crippen LogP contribution in [0.25, 0.3) is 5.69 Å². The third-order valence-electron chi connectivity index (χ3n) is 4.79. The molecular weight excluding hydrogens is 362 g/mol. The van der Waals surface area contributed by atoms with Crippen molar-refractivity contribution in [1.29, 1.82) is 0 Å². The quantitative estimate of drug-likeness (QED) is 0.741. The Balaban J connectivity index is 0.00000240. The van der Waals surface area contributed by atoms with E-state index in [1.807, 2.05) is 6.07 Å². The molecule has 0 radical (unpaired) electrons. The Bertz CT molecular complexity index is 964. The molecule has 0 bridgehead atoms. The molecule has 0 spiro atoms. The van der Waals surface area contributed by atoms with Crippen molar-refractivity contribution in [3.63, 3.8) is 0 Å². The number of rotatable bonds is 4. The predicted octanol–water partition coefficient (Wildman–Crippen LogP) is 3.68. The summed E-state index contributed by atoms with van der Waals surface area (Å²) in [5.74, 6) is -0.348. The number of nitrogens with one attached hydrogen (secondary N) is 1. The van der Waals surface area contributed by atoms with Crippen LogP contribution in [-0.2, 0) is 0 Å². The van der Waals surface area contributed by atoms with Crippen LogP contribution in [0.5, 0.6) is 0 Å². The standard InChI is InChI=1S/C20H22F2N6.H2/c1-26-6-3-7-27(9-8-26)19-12-16(22)10-17(13-19)24-20-23-14-28(25-20)18-5-2-4-15(21)11-18;/h2,4-5,10-14H,3,6-9H2,1H3,(H,24,25);1H. The molecule has 0 amide bonds. The number of halogens is 2. The molecular formula is C20H24F2N6. The van der Waals surface area contributed by atoms with Crippen molar-refractivity contribution in [3.05, 3.63) is 60.4 Å². The first-order valence-corrected chi connectivity index (χ1v) is 9.25. The van der Waals surface area contributed by atoms with Gasteiger partial charge in [-0.25, -0.2) is 13.5 Å². The van der Waals surface area contributed by atoms with Crippen molar-refractivity contribution in [3.8, 4) is 5.69 Å². The number of anilines is 3. The van der Waals surface area contributed by atoms with Gasteiger partial charge in [-0.2, -0.15) is 4.98 Å². The highest BCUT2D eigenvalue weighted by Crippen LogP contribution is 2.25. The number of likely N-dealkylation sites (N-methyl/N-ethyl adjacent to an activating group) is 1. The van der Waals surface area contributed by atoms with Crippen LogP contribution in [0.3, 0.4) is 0 Å². The van der Waals surface area contributed by atoms with Crippen LogP contribution in [0, 0.1) is 11.6 Å². The molecule has 8 heteroatoms. The first kappa shape index (κ1) is 18.4. The summed E-state index contributed by atoms with van der Waals surface area (Å²) < 4.78 is 29.1. The van der Waals surface area contributed by atoms with Gasteiger partial charge in [-0.1, -0.05) is 6.07 Å². The third-order valence-corrected chi connectivity index (χ3v) is 4.79. The van der Waals surface area contributed by atoms with Crippen LogP contribution in [0.1, 0.15) is 7.85 Å². The Kier molecular flexibility index (Phi) is 5.21. The highest BCUT2D eigenvalue weighted by atomic mass is 19.1. The van der Waals surface area contributed by atoms with Gasteiger partial charge in [0.2, 0.25) is 5.95 Å². The molecule has 0 aliphatic carbocycles. The van der Waals surface area contributed by atoms with Crippen LogP contribution in [0.15, 0.2) is 48.8 Å². The van der Waals surface area contributed by atoms with Gasteiger partial charge in [0.1, 0.15) is 18.0 Å². The Labute approximate surface area is 163 Å². The molecule has 3 aromatic rings. The fourth-order valence-corrected chi connectivity index (χ4v) is 3.33. The van der Waals surface area contributed by atoms with E-state index in [2.05, 4.69) is 32.2 Å². The van der Waals surface area contributed by atoms with Crippen LogP contribution in [-0.4, -0.2) is 52.9 Å². The van der Waals surface area contributed by atoms with Crippen molar-refractivity contribution < 1.29 is 10.2 Å². The van der Waals surface area contributed by atoms with Crippen LogP contribution in [0.4, 0.5) is 26.1 Å². The van der Waals surface area contributed by atoms with Crippen molar-refractivity contribution in [2.75, 3.05) is 43.4 Å². The molecule has 1 fully saturated rings. The zero-order chi connectivity index (χ0) is 19.5. The minimum atomic E-state index is -0.347. The zero-order valence-electron chi connectivity index (χ0n) is 15.6. The average molecular weight is 386 g/mol. The van der Waals surface area contributed by atoms with E-state index in [1.165, 1.54) is 29.2 Å². The Morgan fingerprint density at radius 1 is 0.964 bits per heavy atom. The molecule has 2 heterocycles. The van der Waals surface area contributed by atoms with E-state index in [0.717, 1.165) is 38.3 Å². The Morgan fingerprint density at radius 3 is 2.68 bits per heavy atom. The molecule has 1 N–H and O–H groups in total. The first-order valence-electron chi connectivity index (χ1n) is 9.25. The molecule has 0 saturated carbocycles. The van der Waals surface area contributed by atoms with Gasteiger partial charge in [0.15, 0.2) is 0 Å². The Hall–Kier alpha value is -3.00. The van der Waals surface area contributed by atoms with Crippen LogP contribution in [0.2, 0.25) is 0 Å². The SMILES string of the molecule is CN1CCCN(c2cc(F)cc(Nc3ncn(-c4cccc(F)c4)n3)c2)CC1.[HH]. The lowest BCUT2D eigenvalue weighted by molar-refractivity contribution is 0.360. The molecule has 1 saturated heterocycles. The maximum absolute atomic E-state index is 14.2. The summed E-state index contributed by atoms with van der Waals surface area (Å²) in [6.07, 6.45) is 2.53.